The molecule has 0 spiro atoms. The molecular weight excluding hydrogens is 196 g/mol. The number of hydrogen-bond acceptors (Lipinski definition) is 2. The fourth-order valence-corrected chi connectivity index (χ4v) is 2.18. The molecule has 0 aromatic heterocycles. The van der Waals surface area contributed by atoms with Gasteiger partial charge in [0.15, 0.2) is 0 Å². The molecule has 3 heteroatoms. The Kier molecular flexibility index (Phi) is 2.66. The molecule has 1 unspecified atom stereocenters. The SMILES string of the molecule is Cc1cccc(N2CCCC2N)c1Cl. The van der Waals surface area contributed by atoms with E-state index in [1.54, 1.807) is 0 Å². The van der Waals surface area contributed by atoms with Crippen LogP contribution in [0.25, 0.3) is 0 Å². The summed E-state index contributed by atoms with van der Waals surface area (Å²) < 4.78 is 0. The highest BCUT2D eigenvalue weighted by Gasteiger charge is 2.22. The van der Waals surface area contributed by atoms with Crippen molar-refractivity contribution in [3.63, 3.8) is 0 Å². The fraction of sp³-hybridized carbons (Fsp3) is 0.455. The number of rotatable bonds is 1. The van der Waals surface area contributed by atoms with Crippen LogP contribution in [-0.2, 0) is 0 Å². The van der Waals surface area contributed by atoms with E-state index in [9.17, 15) is 0 Å². The molecule has 2 nitrogen and oxygen atoms in total. The smallest absolute Gasteiger partial charge is 0.0772 e. The van der Waals surface area contributed by atoms with Gasteiger partial charge >= 0.3 is 0 Å². The van der Waals surface area contributed by atoms with Gasteiger partial charge in [0, 0.05) is 6.54 Å². The minimum atomic E-state index is 0.134. The molecular formula is C11H15ClN2. The van der Waals surface area contributed by atoms with E-state index >= 15 is 0 Å². The van der Waals surface area contributed by atoms with Crippen LogP contribution in [0.15, 0.2) is 18.2 Å². The van der Waals surface area contributed by atoms with Gasteiger partial charge in [-0.3, -0.25) is 0 Å². The predicted octanol–water partition coefficient (Wildman–Crippen LogP) is 2.53. The number of hydrogen-bond donors (Lipinski definition) is 1. The molecule has 14 heavy (non-hydrogen) atoms. The molecule has 1 atom stereocenters. The molecule has 0 aliphatic carbocycles. The zero-order valence-corrected chi connectivity index (χ0v) is 9.09. The fourth-order valence-electron chi connectivity index (χ4n) is 1.95. The zero-order valence-electron chi connectivity index (χ0n) is 8.33. The van der Waals surface area contributed by atoms with Crippen molar-refractivity contribution in [2.75, 3.05) is 11.4 Å². The minimum absolute atomic E-state index is 0.134. The molecule has 0 saturated carbocycles. The summed E-state index contributed by atoms with van der Waals surface area (Å²) in [5, 5.41) is 0.838. The summed E-state index contributed by atoms with van der Waals surface area (Å²) in [5.41, 5.74) is 8.19. The Labute approximate surface area is 89.7 Å². The first kappa shape index (κ1) is 9.81. The first-order chi connectivity index (χ1) is 6.70. The maximum atomic E-state index is 6.24. The lowest BCUT2D eigenvalue weighted by atomic mass is 10.2. The van der Waals surface area contributed by atoms with Gasteiger partial charge in [0.25, 0.3) is 0 Å². The highest BCUT2D eigenvalue weighted by molar-refractivity contribution is 6.34. The van der Waals surface area contributed by atoms with Gasteiger partial charge in [-0.2, -0.15) is 0 Å². The average molecular weight is 211 g/mol. The molecule has 0 bridgehead atoms. The Hall–Kier alpha value is -0.730. The molecule has 1 saturated heterocycles. The third-order valence-electron chi connectivity index (χ3n) is 2.78. The van der Waals surface area contributed by atoms with E-state index in [4.69, 9.17) is 17.3 Å². The third kappa shape index (κ3) is 1.60. The topological polar surface area (TPSA) is 29.3 Å². The molecule has 0 amide bonds. The highest BCUT2D eigenvalue weighted by Crippen LogP contribution is 2.32. The zero-order chi connectivity index (χ0) is 10.1. The summed E-state index contributed by atoms with van der Waals surface area (Å²) in [6.07, 6.45) is 2.35. The normalized spacial score (nSPS) is 21.6. The summed E-state index contributed by atoms with van der Waals surface area (Å²) in [4.78, 5) is 2.19. The number of aryl methyl sites for hydroxylation is 1. The van der Waals surface area contributed by atoms with Crippen LogP contribution < -0.4 is 10.6 Å². The van der Waals surface area contributed by atoms with Crippen molar-refractivity contribution in [2.45, 2.75) is 25.9 Å². The maximum Gasteiger partial charge on any atom is 0.0772 e. The molecule has 1 aromatic carbocycles. The lowest BCUT2D eigenvalue weighted by Gasteiger charge is -2.25. The van der Waals surface area contributed by atoms with Gasteiger partial charge in [-0.15, -0.1) is 0 Å². The molecule has 2 rings (SSSR count). The Morgan fingerprint density at radius 1 is 1.50 bits per heavy atom. The summed E-state index contributed by atoms with van der Waals surface area (Å²) in [5.74, 6) is 0. The van der Waals surface area contributed by atoms with E-state index < -0.39 is 0 Å². The monoisotopic (exact) mass is 210 g/mol. The number of halogens is 1. The number of nitrogens with zero attached hydrogens (tertiary/aromatic N) is 1. The Morgan fingerprint density at radius 2 is 2.29 bits per heavy atom. The van der Waals surface area contributed by atoms with E-state index in [2.05, 4.69) is 4.90 Å². The van der Waals surface area contributed by atoms with Crippen molar-refractivity contribution < 1.29 is 0 Å². The van der Waals surface area contributed by atoms with Crippen LogP contribution in [0.1, 0.15) is 18.4 Å². The van der Waals surface area contributed by atoms with Crippen molar-refractivity contribution in [2.24, 2.45) is 5.73 Å². The first-order valence-electron chi connectivity index (χ1n) is 4.97. The second-order valence-corrected chi connectivity index (χ2v) is 4.19. The van der Waals surface area contributed by atoms with Gasteiger partial charge in [0.05, 0.1) is 16.9 Å². The molecule has 1 fully saturated rings. The van der Waals surface area contributed by atoms with Crippen LogP contribution in [0.3, 0.4) is 0 Å². The summed E-state index contributed by atoms with van der Waals surface area (Å²) in [6.45, 7) is 3.04. The molecule has 2 N–H and O–H groups in total. The predicted molar refractivity (Wildman–Crippen MR) is 60.7 cm³/mol. The third-order valence-corrected chi connectivity index (χ3v) is 3.27. The molecule has 76 valence electrons. The standard InChI is InChI=1S/C11H15ClN2/c1-8-4-2-5-9(11(8)12)14-7-3-6-10(14)13/h2,4-5,10H,3,6-7,13H2,1H3. The molecule has 0 radical (unpaired) electrons. The van der Waals surface area contributed by atoms with Crippen LogP contribution >= 0.6 is 11.6 Å². The lowest BCUT2D eigenvalue weighted by Crippen LogP contribution is -2.36. The quantitative estimate of drug-likeness (QED) is 0.772. The van der Waals surface area contributed by atoms with Crippen molar-refractivity contribution in [3.05, 3.63) is 28.8 Å². The maximum absolute atomic E-state index is 6.24. The van der Waals surface area contributed by atoms with E-state index in [1.165, 1.54) is 0 Å². The van der Waals surface area contributed by atoms with Crippen molar-refractivity contribution in [1.29, 1.82) is 0 Å². The lowest BCUT2D eigenvalue weighted by molar-refractivity contribution is 0.701. The first-order valence-corrected chi connectivity index (χ1v) is 5.35. The van der Waals surface area contributed by atoms with Gasteiger partial charge in [-0.1, -0.05) is 23.7 Å². The largest absolute Gasteiger partial charge is 0.355 e. The minimum Gasteiger partial charge on any atom is -0.355 e. The molecule has 1 aliphatic heterocycles. The van der Waals surface area contributed by atoms with Crippen LogP contribution in [0.4, 0.5) is 5.69 Å². The summed E-state index contributed by atoms with van der Waals surface area (Å²) >= 11 is 6.24. The van der Waals surface area contributed by atoms with Crippen LogP contribution in [0.2, 0.25) is 5.02 Å². The van der Waals surface area contributed by atoms with E-state index in [0.29, 0.717) is 0 Å². The number of nitrogens with two attached hydrogens (primary N) is 1. The summed E-state index contributed by atoms with van der Waals surface area (Å²) in [7, 11) is 0. The van der Waals surface area contributed by atoms with E-state index in [1.807, 2.05) is 25.1 Å². The van der Waals surface area contributed by atoms with Crippen LogP contribution in [-0.4, -0.2) is 12.7 Å². The van der Waals surface area contributed by atoms with Gasteiger partial charge in [-0.25, -0.2) is 0 Å². The van der Waals surface area contributed by atoms with Crippen LogP contribution in [0.5, 0.6) is 0 Å². The summed E-state index contributed by atoms with van der Waals surface area (Å²) in [6, 6.07) is 6.09. The number of anilines is 1. The highest BCUT2D eigenvalue weighted by atomic mass is 35.5. The average Bonchev–Trinajstić information content (AvgIpc) is 2.57. The van der Waals surface area contributed by atoms with Gasteiger partial charge in [0.1, 0.15) is 0 Å². The van der Waals surface area contributed by atoms with Gasteiger partial charge in [-0.05, 0) is 31.4 Å². The molecule has 1 heterocycles. The van der Waals surface area contributed by atoms with Gasteiger partial charge in [0.2, 0.25) is 0 Å². The second-order valence-electron chi connectivity index (χ2n) is 3.81. The van der Waals surface area contributed by atoms with Crippen molar-refractivity contribution in [1.82, 2.24) is 0 Å². The van der Waals surface area contributed by atoms with Crippen LogP contribution in [0, 0.1) is 6.92 Å². The van der Waals surface area contributed by atoms with Crippen molar-refractivity contribution in [3.8, 4) is 0 Å². The Balaban J connectivity index is 2.36. The Morgan fingerprint density at radius 3 is 2.93 bits per heavy atom. The molecule has 1 aromatic rings. The van der Waals surface area contributed by atoms with Crippen molar-refractivity contribution >= 4 is 17.3 Å². The number of benzene rings is 1. The van der Waals surface area contributed by atoms with E-state index in [-0.39, 0.29) is 6.17 Å². The Bertz CT molecular complexity index is 338. The molecule has 1 aliphatic rings. The second kappa shape index (κ2) is 3.79. The van der Waals surface area contributed by atoms with E-state index in [0.717, 1.165) is 35.7 Å². The van der Waals surface area contributed by atoms with Gasteiger partial charge < -0.3 is 10.6 Å².